The molecule has 0 radical (unpaired) electrons. The van der Waals surface area contributed by atoms with E-state index in [2.05, 4.69) is 18.7 Å². The molecule has 1 aromatic carbocycles. The van der Waals surface area contributed by atoms with Gasteiger partial charge in [0.2, 0.25) is 0 Å². The molecular formula is C12H16O. The molecule has 0 spiro atoms. The summed E-state index contributed by atoms with van der Waals surface area (Å²) in [5, 5.41) is 0. The Hall–Kier alpha value is -1.08. The first kappa shape index (κ1) is 10.0. The summed E-state index contributed by atoms with van der Waals surface area (Å²) in [5.41, 5.74) is 1.16. The van der Waals surface area contributed by atoms with Crippen LogP contribution in [0.4, 0.5) is 0 Å². The van der Waals surface area contributed by atoms with Gasteiger partial charge in [-0.25, -0.2) is 0 Å². The average Bonchev–Trinajstić information content (AvgIpc) is 2.15. The van der Waals surface area contributed by atoms with E-state index in [0.29, 0.717) is 0 Å². The Morgan fingerprint density at radius 1 is 1.23 bits per heavy atom. The van der Waals surface area contributed by atoms with E-state index in [0.717, 1.165) is 5.56 Å². The molecule has 1 aromatic rings. The number of rotatable bonds is 4. The first-order valence-corrected chi connectivity index (χ1v) is 4.57. The maximum Gasteiger partial charge on any atom is 0.101 e. The van der Waals surface area contributed by atoms with Crippen molar-refractivity contribution in [3.05, 3.63) is 48.6 Å². The van der Waals surface area contributed by atoms with Crippen molar-refractivity contribution in [3.63, 3.8) is 0 Å². The van der Waals surface area contributed by atoms with Gasteiger partial charge in [0, 0.05) is 0 Å². The summed E-state index contributed by atoms with van der Waals surface area (Å²) in [6.07, 6.45) is 2.07. The van der Waals surface area contributed by atoms with E-state index in [1.165, 1.54) is 0 Å². The highest BCUT2D eigenvalue weighted by Gasteiger charge is 2.08. The maximum absolute atomic E-state index is 5.67. The van der Waals surface area contributed by atoms with Gasteiger partial charge in [-0.1, -0.05) is 36.4 Å². The molecule has 0 bridgehead atoms. The van der Waals surface area contributed by atoms with Crippen LogP contribution in [0.25, 0.3) is 0 Å². The van der Waals surface area contributed by atoms with E-state index in [1.807, 2.05) is 38.1 Å². The van der Waals surface area contributed by atoms with Gasteiger partial charge in [0.25, 0.3) is 0 Å². The third-order valence-corrected chi connectivity index (χ3v) is 1.76. The van der Waals surface area contributed by atoms with Crippen LogP contribution in [0, 0.1) is 0 Å². The molecule has 0 aliphatic rings. The Balaban J connectivity index is 2.73. The third kappa shape index (κ3) is 3.03. The summed E-state index contributed by atoms with van der Waals surface area (Å²) >= 11 is 0. The molecule has 70 valence electrons. The van der Waals surface area contributed by atoms with E-state index in [1.54, 1.807) is 0 Å². The zero-order valence-electron chi connectivity index (χ0n) is 8.23. The van der Waals surface area contributed by atoms with Crippen molar-refractivity contribution in [3.8, 4) is 0 Å². The third-order valence-electron chi connectivity index (χ3n) is 1.76. The zero-order chi connectivity index (χ0) is 9.68. The zero-order valence-corrected chi connectivity index (χ0v) is 8.23. The lowest BCUT2D eigenvalue weighted by Crippen LogP contribution is -2.08. The molecule has 1 rings (SSSR count). The first-order chi connectivity index (χ1) is 6.24. The fourth-order valence-electron chi connectivity index (χ4n) is 1.21. The second kappa shape index (κ2) is 4.83. The Kier molecular flexibility index (Phi) is 3.71. The van der Waals surface area contributed by atoms with Crippen LogP contribution in [0.1, 0.15) is 25.5 Å². The summed E-state index contributed by atoms with van der Waals surface area (Å²) in [7, 11) is 0. The van der Waals surface area contributed by atoms with Crippen LogP contribution in [0.3, 0.4) is 0 Å². The van der Waals surface area contributed by atoms with Crippen LogP contribution in [-0.2, 0) is 4.74 Å². The highest BCUT2D eigenvalue weighted by molar-refractivity contribution is 5.20. The van der Waals surface area contributed by atoms with Gasteiger partial charge in [0.15, 0.2) is 0 Å². The SMILES string of the molecule is C=C[C@H](OC(C)C)c1ccccc1. The van der Waals surface area contributed by atoms with Gasteiger partial charge in [0.1, 0.15) is 6.10 Å². The molecule has 13 heavy (non-hydrogen) atoms. The van der Waals surface area contributed by atoms with Gasteiger partial charge >= 0.3 is 0 Å². The quantitative estimate of drug-likeness (QED) is 0.639. The lowest BCUT2D eigenvalue weighted by molar-refractivity contribution is 0.0350. The normalized spacial score (nSPS) is 12.8. The van der Waals surface area contributed by atoms with Gasteiger partial charge in [0.05, 0.1) is 6.10 Å². The van der Waals surface area contributed by atoms with Crippen LogP contribution < -0.4 is 0 Å². The minimum Gasteiger partial charge on any atom is -0.367 e. The van der Waals surface area contributed by atoms with Gasteiger partial charge in [-0.15, -0.1) is 6.58 Å². The standard InChI is InChI=1S/C12H16O/c1-4-12(13-10(2)3)11-8-6-5-7-9-11/h4-10,12H,1H2,2-3H3/t12-/m0/s1. The van der Waals surface area contributed by atoms with E-state index in [9.17, 15) is 0 Å². The van der Waals surface area contributed by atoms with Gasteiger partial charge < -0.3 is 4.74 Å². The topological polar surface area (TPSA) is 9.23 Å². The summed E-state index contributed by atoms with van der Waals surface area (Å²) in [6.45, 7) is 7.82. The molecule has 0 aromatic heterocycles. The van der Waals surface area contributed by atoms with Crippen LogP contribution >= 0.6 is 0 Å². The molecule has 1 atom stereocenters. The molecule has 0 saturated carbocycles. The predicted octanol–water partition coefficient (Wildman–Crippen LogP) is 3.34. The molecule has 0 fully saturated rings. The average molecular weight is 176 g/mol. The highest BCUT2D eigenvalue weighted by Crippen LogP contribution is 2.19. The van der Waals surface area contributed by atoms with Crippen molar-refractivity contribution >= 4 is 0 Å². The largest absolute Gasteiger partial charge is 0.367 e. The molecule has 0 amide bonds. The van der Waals surface area contributed by atoms with E-state index in [-0.39, 0.29) is 12.2 Å². The molecule has 0 N–H and O–H groups in total. The Bertz CT molecular complexity index is 251. The molecule has 0 aliphatic heterocycles. The van der Waals surface area contributed by atoms with E-state index >= 15 is 0 Å². The lowest BCUT2D eigenvalue weighted by Gasteiger charge is -2.16. The van der Waals surface area contributed by atoms with Crippen molar-refractivity contribution in [2.24, 2.45) is 0 Å². The molecule has 0 aliphatic carbocycles. The lowest BCUT2D eigenvalue weighted by atomic mass is 10.1. The molecule has 0 unspecified atom stereocenters. The van der Waals surface area contributed by atoms with Crippen molar-refractivity contribution in [2.45, 2.75) is 26.1 Å². The smallest absolute Gasteiger partial charge is 0.101 e. The fraction of sp³-hybridized carbons (Fsp3) is 0.333. The number of ether oxygens (including phenoxy) is 1. The van der Waals surface area contributed by atoms with Crippen LogP contribution in [0.15, 0.2) is 43.0 Å². The van der Waals surface area contributed by atoms with Crippen LogP contribution in [-0.4, -0.2) is 6.10 Å². The molecule has 0 heterocycles. The summed E-state index contributed by atoms with van der Waals surface area (Å²) in [4.78, 5) is 0. The Morgan fingerprint density at radius 2 is 1.85 bits per heavy atom. The second-order valence-electron chi connectivity index (χ2n) is 3.25. The van der Waals surface area contributed by atoms with E-state index in [4.69, 9.17) is 4.74 Å². The first-order valence-electron chi connectivity index (χ1n) is 4.57. The van der Waals surface area contributed by atoms with Gasteiger partial charge in [-0.05, 0) is 19.4 Å². The minimum atomic E-state index is 0.0150. The maximum atomic E-state index is 5.67. The van der Waals surface area contributed by atoms with Crippen LogP contribution in [0.2, 0.25) is 0 Å². The van der Waals surface area contributed by atoms with Crippen molar-refractivity contribution < 1.29 is 4.74 Å². The molecule has 1 heteroatoms. The number of benzene rings is 1. The van der Waals surface area contributed by atoms with Gasteiger partial charge in [-0.3, -0.25) is 0 Å². The Labute approximate surface area is 80.0 Å². The number of hydrogen-bond acceptors (Lipinski definition) is 1. The summed E-state index contributed by atoms with van der Waals surface area (Å²) in [5.74, 6) is 0. The minimum absolute atomic E-state index is 0.0150. The van der Waals surface area contributed by atoms with E-state index < -0.39 is 0 Å². The Morgan fingerprint density at radius 3 is 2.31 bits per heavy atom. The predicted molar refractivity (Wildman–Crippen MR) is 55.6 cm³/mol. The van der Waals surface area contributed by atoms with Crippen molar-refractivity contribution in [1.29, 1.82) is 0 Å². The molecular weight excluding hydrogens is 160 g/mol. The van der Waals surface area contributed by atoms with Crippen LogP contribution in [0.5, 0.6) is 0 Å². The number of hydrogen-bond donors (Lipinski definition) is 0. The summed E-state index contributed by atoms with van der Waals surface area (Å²) in [6, 6.07) is 10.1. The monoisotopic (exact) mass is 176 g/mol. The van der Waals surface area contributed by atoms with Crippen molar-refractivity contribution in [2.75, 3.05) is 0 Å². The second-order valence-corrected chi connectivity index (χ2v) is 3.25. The molecule has 1 nitrogen and oxygen atoms in total. The van der Waals surface area contributed by atoms with Gasteiger partial charge in [-0.2, -0.15) is 0 Å². The highest BCUT2D eigenvalue weighted by atomic mass is 16.5. The molecule has 0 saturated heterocycles. The fourth-order valence-corrected chi connectivity index (χ4v) is 1.21. The van der Waals surface area contributed by atoms with Crippen molar-refractivity contribution in [1.82, 2.24) is 0 Å². The summed E-state index contributed by atoms with van der Waals surface area (Å²) < 4.78 is 5.67.